The van der Waals surface area contributed by atoms with Gasteiger partial charge < -0.3 is 4.90 Å². The average Bonchev–Trinajstić information content (AvgIpc) is 2.29. The molecular formula is C11H8N4O. The zero-order chi connectivity index (χ0) is 11.7. The number of carbonyl (C=O) groups excluding carboxylic acids is 1. The van der Waals surface area contributed by atoms with Crippen molar-refractivity contribution in [3.05, 3.63) is 23.8 Å². The molecule has 0 bridgehead atoms. The summed E-state index contributed by atoms with van der Waals surface area (Å²) in [6.45, 7) is 0.148. The van der Waals surface area contributed by atoms with Gasteiger partial charge in [-0.2, -0.15) is 10.5 Å². The van der Waals surface area contributed by atoms with Gasteiger partial charge in [0.2, 0.25) is 0 Å². The number of nitrogens with zero attached hydrogens (tertiary/aromatic N) is 4. The number of anilines is 2. The standard InChI is InChI=1S/C11H8N4O/c1-14-6-11(16)15(7-13)9-3-2-8(5-12)4-10(9)14/h2-4H,6H2,1H3. The molecule has 1 amide bonds. The van der Waals surface area contributed by atoms with Crippen molar-refractivity contribution in [1.29, 1.82) is 10.5 Å². The van der Waals surface area contributed by atoms with E-state index in [-0.39, 0.29) is 12.5 Å². The monoisotopic (exact) mass is 212 g/mol. The Morgan fingerprint density at radius 3 is 2.69 bits per heavy atom. The van der Waals surface area contributed by atoms with Gasteiger partial charge in [0.25, 0.3) is 5.91 Å². The van der Waals surface area contributed by atoms with E-state index in [0.29, 0.717) is 11.3 Å². The number of hydrogen-bond acceptors (Lipinski definition) is 4. The van der Waals surface area contributed by atoms with Gasteiger partial charge in [0.05, 0.1) is 29.6 Å². The summed E-state index contributed by atoms with van der Waals surface area (Å²) in [7, 11) is 1.76. The van der Waals surface area contributed by atoms with Crippen LogP contribution in [0.1, 0.15) is 5.56 Å². The fraction of sp³-hybridized carbons (Fsp3) is 0.182. The highest BCUT2D eigenvalue weighted by Crippen LogP contribution is 2.32. The van der Waals surface area contributed by atoms with Crippen LogP contribution in [0.5, 0.6) is 0 Å². The maximum atomic E-state index is 11.5. The molecule has 0 saturated carbocycles. The topological polar surface area (TPSA) is 71.1 Å². The van der Waals surface area contributed by atoms with Crippen molar-refractivity contribution >= 4 is 17.3 Å². The third-order valence-corrected chi connectivity index (χ3v) is 2.48. The number of hydrogen-bond donors (Lipinski definition) is 0. The van der Waals surface area contributed by atoms with Crippen molar-refractivity contribution < 1.29 is 4.79 Å². The molecule has 0 saturated heterocycles. The number of carbonyl (C=O) groups is 1. The first-order valence-corrected chi connectivity index (χ1v) is 4.65. The molecular weight excluding hydrogens is 204 g/mol. The van der Waals surface area contributed by atoms with Gasteiger partial charge in [-0.3, -0.25) is 4.79 Å². The zero-order valence-electron chi connectivity index (χ0n) is 8.64. The molecule has 2 rings (SSSR count). The van der Waals surface area contributed by atoms with Gasteiger partial charge in [-0.1, -0.05) is 0 Å². The predicted octanol–water partition coefficient (Wildman–Crippen LogP) is 0.822. The minimum absolute atomic E-state index is 0.148. The third-order valence-electron chi connectivity index (χ3n) is 2.48. The number of amides is 1. The first-order valence-electron chi connectivity index (χ1n) is 4.65. The van der Waals surface area contributed by atoms with Crippen LogP contribution < -0.4 is 9.80 Å². The van der Waals surface area contributed by atoms with Gasteiger partial charge in [-0.15, -0.1) is 0 Å². The van der Waals surface area contributed by atoms with Crippen LogP contribution in [0.4, 0.5) is 11.4 Å². The number of rotatable bonds is 0. The molecule has 5 nitrogen and oxygen atoms in total. The summed E-state index contributed by atoms with van der Waals surface area (Å²) in [5.41, 5.74) is 1.76. The molecule has 1 heterocycles. The molecule has 0 aromatic heterocycles. The Balaban J connectivity index is 2.60. The maximum absolute atomic E-state index is 11.5. The largest absolute Gasteiger partial charge is 0.363 e. The minimum Gasteiger partial charge on any atom is -0.363 e. The van der Waals surface area contributed by atoms with Crippen LogP contribution >= 0.6 is 0 Å². The van der Waals surface area contributed by atoms with E-state index in [1.54, 1.807) is 30.1 Å². The van der Waals surface area contributed by atoms with Crippen molar-refractivity contribution in [2.24, 2.45) is 0 Å². The Labute approximate surface area is 92.7 Å². The second-order valence-electron chi connectivity index (χ2n) is 3.50. The van der Waals surface area contributed by atoms with Gasteiger partial charge in [0.1, 0.15) is 0 Å². The molecule has 0 fully saturated rings. The molecule has 0 unspecified atom stereocenters. The highest BCUT2D eigenvalue weighted by atomic mass is 16.2. The molecule has 5 heteroatoms. The van der Waals surface area contributed by atoms with Crippen LogP contribution in [0, 0.1) is 22.8 Å². The highest BCUT2D eigenvalue weighted by Gasteiger charge is 2.27. The SMILES string of the molecule is CN1CC(=O)N(C#N)c2ccc(C#N)cc21. The van der Waals surface area contributed by atoms with E-state index in [9.17, 15) is 4.79 Å². The van der Waals surface area contributed by atoms with Crippen molar-refractivity contribution in [2.75, 3.05) is 23.4 Å². The molecule has 1 aromatic carbocycles. The van der Waals surface area contributed by atoms with E-state index in [1.807, 2.05) is 12.3 Å². The van der Waals surface area contributed by atoms with Gasteiger partial charge in [0, 0.05) is 7.05 Å². The molecule has 0 radical (unpaired) electrons. The quantitative estimate of drug-likeness (QED) is 0.597. The molecule has 0 atom stereocenters. The maximum Gasteiger partial charge on any atom is 0.259 e. The summed E-state index contributed by atoms with van der Waals surface area (Å²) in [5.74, 6) is -0.262. The fourth-order valence-electron chi connectivity index (χ4n) is 1.69. The average molecular weight is 212 g/mol. The lowest BCUT2D eigenvalue weighted by Gasteiger charge is -2.30. The van der Waals surface area contributed by atoms with Crippen LogP contribution in [0.3, 0.4) is 0 Å². The van der Waals surface area contributed by atoms with Crippen molar-refractivity contribution in [1.82, 2.24) is 0 Å². The normalized spacial score (nSPS) is 14.1. The molecule has 1 aliphatic rings. The molecule has 78 valence electrons. The molecule has 0 N–H and O–H groups in total. The second-order valence-corrected chi connectivity index (χ2v) is 3.50. The number of benzene rings is 1. The smallest absolute Gasteiger partial charge is 0.259 e. The van der Waals surface area contributed by atoms with Gasteiger partial charge >= 0.3 is 0 Å². The minimum atomic E-state index is -0.262. The lowest BCUT2D eigenvalue weighted by Crippen LogP contribution is -2.41. The molecule has 0 spiro atoms. The Morgan fingerprint density at radius 2 is 2.06 bits per heavy atom. The zero-order valence-corrected chi connectivity index (χ0v) is 8.64. The van der Waals surface area contributed by atoms with Gasteiger partial charge in [-0.25, -0.2) is 4.90 Å². The van der Waals surface area contributed by atoms with E-state index in [4.69, 9.17) is 10.5 Å². The van der Waals surface area contributed by atoms with E-state index in [2.05, 4.69) is 0 Å². The molecule has 1 aromatic rings. The number of nitriles is 2. The first kappa shape index (κ1) is 10.0. The van der Waals surface area contributed by atoms with E-state index in [0.717, 1.165) is 10.6 Å². The van der Waals surface area contributed by atoms with Crippen molar-refractivity contribution in [3.63, 3.8) is 0 Å². The van der Waals surface area contributed by atoms with E-state index in [1.165, 1.54) is 0 Å². The Morgan fingerprint density at radius 1 is 1.31 bits per heavy atom. The van der Waals surface area contributed by atoms with Crippen molar-refractivity contribution in [3.8, 4) is 12.3 Å². The Hall–Kier alpha value is -2.53. The van der Waals surface area contributed by atoms with Crippen LogP contribution in [0.2, 0.25) is 0 Å². The van der Waals surface area contributed by atoms with Crippen LogP contribution in [-0.2, 0) is 4.79 Å². The predicted molar refractivity (Wildman–Crippen MR) is 57.5 cm³/mol. The summed E-state index contributed by atoms with van der Waals surface area (Å²) in [6.07, 6.45) is 1.84. The van der Waals surface area contributed by atoms with Crippen LogP contribution in [-0.4, -0.2) is 19.5 Å². The fourth-order valence-corrected chi connectivity index (χ4v) is 1.69. The summed E-state index contributed by atoms with van der Waals surface area (Å²) in [6, 6.07) is 6.91. The summed E-state index contributed by atoms with van der Waals surface area (Å²) >= 11 is 0. The Kier molecular flexibility index (Phi) is 2.23. The number of likely N-dealkylation sites (N-methyl/N-ethyl adjacent to an activating group) is 1. The summed E-state index contributed by atoms with van der Waals surface area (Å²) in [5, 5.41) is 17.7. The molecule has 1 aliphatic heterocycles. The lowest BCUT2D eigenvalue weighted by atomic mass is 10.1. The van der Waals surface area contributed by atoms with E-state index < -0.39 is 0 Å². The highest BCUT2D eigenvalue weighted by molar-refractivity contribution is 6.05. The summed E-state index contributed by atoms with van der Waals surface area (Å²) in [4.78, 5) is 14.3. The lowest BCUT2D eigenvalue weighted by molar-refractivity contribution is -0.116. The first-order chi connectivity index (χ1) is 7.67. The summed E-state index contributed by atoms with van der Waals surface area (Å²) < 4.78 is 0. The number of fused-ring (bicyclic) bond motifs is 1. The van der Waals surface area contributed by atoms with Gasteiger partial charge in [-0.05, 0) is 18.2 Å². The van der Waals surface area contributed by atoms with Crippen LogP contribution in [0.25, 0.3) is 0 Å². The Bertz CT molecular complexity index is 538. The second kappa shape index (κ2) is 3.56. The molecule has 0 aliphatic carbocycles. The van der Waals surface area contributed by atoms with Gasteiger partial charge in [0.15, 0.2) is 6.19 Å². The van der Waals surface area contributed by atoms with Crippen LogP contribution in [0.15, 0.2) is 18.2 Å². The third kappa shape index (κ3) is 1.35. The molecule has 16 heavy (non-hydrogen) atoms. The van der Waals surface area contributed by atoms with Crippen molar-refractivity contribution in [2.45, 2.75) is 0 Å². The van der Waals surface area contributed by atoms with E-state index >= 15 is 0 Å².